The highest BCUT2D eigenvalue weighted by Gasteiger charge is 1.75. The number of hydrogen-bond acceptors (Lipinski definition) is 4. The van der Waals surface area contributed by atoms with Gasteiger partial charge in [0.05, 0.1) is 6.54 Å². The molecule has 4 N–H and O–H groups in total. The zero-order chi connectivity index (χ0) is 5.54. The lowest BCUT2D eigenvalue weighted by Gasteiger charge is -1.82. The minimum atomic E-state index is 0.609. The number of hydrogen-bond donors (Lipinski definition) is 2. The van der Waals surface area contributed by atoms with Gasteiger partial charge in [-0.05, 0) is 0 Å². The van der Waals surface area contributed by atoms with E-state index in [9.17, 15) is 0 Å². The van der Waals surface area contributed by atoms with E-state index >= 15 is 0 Å². The molecule has 42 valence electrons. The Morgan fingerprint density at radius 1 is 1.57 bits per heavy atom. The van der Waals surface area contributed by atoms with Crippen LogP contribution >= 0.6 is 11.9 Å². The summed E-state index contributed by atoms with van der Waals surface area (Å²) in [4.78, 5) is 0. The Bertz CT molecular complexity index is 53.7. The summed E-state index contributed by atoms with van der Waals surface area (Å²) in [6, 6.07) is 0. The number of rotatable bonds is 3. The van der Waals surface area contributed by atoms with Gasteiger partial charge in [-0.15, -0.1) is 0 Å². The molecule has 7 heavy (non-hydrogen) atoms. The molecule has 0 amide bonds. The fourth-order valence-electron chi connectivity index (χ4n) is 0.151. The quantitative estimate of drug-likeness (QED) is 0.180. The van der Waals surface area contributed by atoms with Crippen molar-refractivity contribution in [3.05, 3.63) is 0 Å². The molecule has 0 fully saturated rings. The molecule has 0 spiro atoms. The van der Waals surface area contributed by atoms with Gasteiger partial charge in [0.25, 0.3) is 0 Å². The minimum absolute atomic E-state index is 0.609. The van der Waals surface area contributed by atoms with E-state index in [-0.39, 0.29) is 0 Å². The average molecular weight is 120 g/mol. The van der Waals surface area contributed by atoms with Crippen molar-refractivity contribution in [2.24, 2.45) is 21.3 Å². The third-order valence-corrected chi connectivity index (χ3v) is 0.809. The first-order chi connectivity index (χ1) is 3.41. The molecular formula is C2H8N4S. The molecule has 0 saturated heterocycles. The van der Waals surface area contributed by atoms with E-state index in [1.807, 2.05) is 0 Å². The Hall–Kier alpha value is -0.290. The molecule has 5 heteroatoms. The van der Waals surface area contributed by atoms with Crippen molar-refractivity contribution in [1.29, 1.82) is 0 Å². The zero-order valence-electron chi connectivity index (χ0n) is 3.87. The van der Waals surface area contributed by atoms with Crippen LogP contribution in [0.1, 0.15) is 0 Å². The summed E-state index contributed by atoms with van der Waals surface area (Å²) in [5.74, 6) is 5.46. The van der Waals surface area contributed by atoms with Crippen molar-refractivity contribution >= 4 is 11.9 Å². The van der Waals surface area contributed by atoms with E-state index < -0.39 is 0 Å². The Labute approximate surface area is 46.5 Å². The van der Waals surface area contributed by atoms with Crippen LogP contribution in [0.4, 0.5) is 0 Å². The molecule has 0 aromatic carbocycles. The van der Waals surface area contributed by atoms with Gasteiger partial charge >= 0.3 is 0 Å². The van der Waals surface area contributed by atoms with Gasteiger partial charge in [-0.3, -0.25) is 5.14 Å². The maximum Gasteiger partial charge on any atom is 0.0723 e. The summed E-state index contributed by atoms with van der Waals surface area (Å²) < 4.78 is 0. The largest absolute Gasteiger partial charge is 0.305 e. The molecule has 0 heterocycles. The predicted octanol–water partition coefficient (Wildman–Crippen LogP) is -0.0808. The highest BCUT2D eigenvalue weighted by molar-refractivity contribution is 7.97. The first kappa shape index (κ1) is 6.71. The van der Waals surface area contributed by atoms with Crippen LogP contribution in [0.5, 0.6) is 0 Å². The van der Waals surface area contributed by atoms with Gasteiger partial charge in [-0.1, -0.05) is 17.2 Å². The fourth-order valence-corrected chi connectivity index (χ4v) is 0.338. The van der Waals surface area contributed by atoms with Crippen molar-refractivity contribution in [3.63, 3.8) is 0 Å². The Balaban J connectivity index is 2.69. The monoisotopic (exact) mass is 120 g/mol. The molecule has 0 radical (unpaired) electrons. The fraction of sp³-hybridized carbons (Fsp3) is 1.00. The summed E-state index contributed by atoms with van der Waals surface area (Å²) in [5.41, 5.74) is 0. The highest BCUT2D eigenvalue weighted by Crippen LogP contribution is 1.83. The highest BCUT2D eigenvalue weighted by atomic mass is 32.2. The van der Waals surface area contributed by atoms with Crippen molar-refractivity contribution in [2.75, 3.05) is 12.3 Å². The van der Waals surface area contributed by atoms with E-state index in [0.717, 1.165) is 5.75 Å². The van der Waals surface area contributed by atoms with Crippen LogP contribution in [0.15, 0.2) is 10.3 Å². The van der Waals surface area contributed by atoms with Gasteiger partial charge in [0.1, 0.15) is 0 Å². The molecule has 0 aliphatic rings. The Morgan fingerprint density at radius 3 is 2.71 bits per heavy atom. The van der Waals surface area contributed by atoms with Crippen molar-refractivity contribution in [3.8, 4) is 0 Å². The van der Waals surface area contributed by atoms with E-state index in [1.54, 1.807) is 0 Å². The minimum Gasteiger partial charge on any atom is -0.305 e. The van der Waals surface area contributed by atoms with Crippen LogP contribution in [0, 0.1) is 0 Å². The SMILES string of the molecule is NN=NCCSN. The van der Waals surface area contributed by atoms with E-state index in [0.29, 0.717) is 6.54 Å². The molecule has 0 saturated carbocycles. The Kier molecular flexibility index (Phi) is 5.47. The number of nitrogens with zero attached hydrogens (tertiary/aromatic N) is 2. The molecule has 0 aromatic rings. The normalized spacial score (nSPS) is 10.4. The molecule has 0 aromatic heterocycles. The zero-order valence-corrected chi connectivity index (χ0v) is 4.69. The molecule has 4 nitrogen and oxygen atoms in total. The van der Waals surface area contributed by atoms with Gasteiger partial charge < -0.3 is 5.84 Å². The lowest BCUT2D eigenvalue weighted by atomic mass is 10.8. The van der Waals surface area contributed by atoms with Crippen LogP contribution < -0.4 is 11.0 Å². The summed E-state index contributed by atoms with van der Waals surface area (Å²) in [7, 11) is 0. The van der Waals surface area contributed by atoms with Crippen LogP contribution in [-0.2, 0) is 0 Å². The summed E-state index contributed by atoms with van der Waals surface area (Å²) in [6.45, 7) is 0.609. The van der Waals surface area contributed by atoms with Gasteiger partial charge in [-0.25, -0.2) is 0 Å². The second-order valence-electron chi connectivity index (χ2n) is 0.851. The summed E-state index contributed by atoms with van der Waals surface area (Å²) in [6.07, 6.45) is 0. The predicted molar refractivity (Wildman–Crippen MR) is 30.6 cm³/mol. The topological polar surface area (TPSA) is 76.8 Å². The molecule has 0 atom stereocenters. The van der Waals surface area contributed by atoms with Crippen LogP contribution in [0.3, 0.4) is 0 Å². The van der Waals surface area contributed by atoms with Crippen LogP contribution in [0.2, 0.25) is 0 Å². The Morgan fingerprint density at radius 2 is 2.29 bits per heavy atom. The molecular weight excluding hydrogens is 112 g/mol. The third-order valence-electron chi connectivity index (χ3n) is 0.391. The van der Waals surface area contributed by atoms with Crippen LogP contribution in [0.25, 0.3) is 0 Å². The van der Waals surface area contributed by atoms with Gasteiger partial charge in [0.15, 0.2) is 0 Å². The van der Waals surface area contributed by atoms with E-state index in [4.69, 9.17) is 5.14 Å². The van der Waals surface area contributed by atoms with Gasteiger partial charge in [0, 0.05) is 5.75 Å². The average Bonchev–Trinajstić information content (AvgIpc) is 1.69. The van der Waals surface area contributed by atoms with E-state index in [1.165, 1.54) is 11.9 Å². The summed E-state index contributed by atoms with van der Waals surface area (Å²) in [5, 5.41) is 11.5. The molecule has 0 bridgehead atoms. The third kappa shape index (κ3) is 5.71. The first-order valence-corrected chi connectivity index (χ1v) is 2.85. The van der Waals surface area contributed by atoms with Crippen molar-refractivity contribution in [2.45, 2.75) is 0 Å². The second-order valence-corrected chi connectivity index (χ2v) is 1.59. The first-order valence-electron chi connectivity index (χ1n) is 1.80. The second kappa shape index (κ2) is 5.71. The van der Waals surface area contributed by atoms with Gasteiger partial charge in [0.2, 0.25) is 0 Å². The van der Waals surface area contributed by atoms with Gasteiger partial charge in [-0.2, -0.15) is 5.11 Å². The lowest BCUT2D eigenvalue weighted by molar-refractivity contribution is 0.933. The standard InChI is InChI=1S/C2H8N4S/c3-6-5-1-2-7-4/h1-2,4H2,(H2,3,5). The van der Waals surface area contributed by atoms with Crippen LogP contribution in [-0.4, -0.2) is 12.3 Å². The number of nitrogens with two attached hydrogens (primary N) is 2. The lowest BCUT2D eigenvalue weighted by Crippen LogP contribution is -1.89. The van der Waals surface area contributed by atoms with E-state index in [2.05, 4.69) is 16.2 Å². The maximum absolute atomic E-state index is 5.04. The molecule has 0 aliphatic carbocycles. The molecule has 0 unspecified atom stereocenters. The van der Waals surface area contributed by atoms with Crippen molar-refractivity contribution < 1.29 is 0 Å². The molecule has 0 aliphatic heterocycles. The smallest absolute Gasteiger partial charge is 0.0723 e. The molecule has 0 rings (SSSR count). The maximum atomic E-state index is 5.04. The summed E-state index contributed by atoms with van der Waals surface area (Å²) >= 11 is 1.23. The van der Waals surface area contributed by atoms with Crippen molar-refractivity contribution in [1.82, 2.24) is 0 Å².